The van der Waals surface area contributed by atoms with Crippen molar-refractivity contribution in [2.24, 2.45) is 5.92 Å². The molecule has 2 atom stereocenters. The smallest absolute Gasteiger partial charge is 0.226 e. The molecule has 1 aromatic rings. The molecular formula is C17H25N3O2. The van der Waals surface area contributed by atoms with Gasteiger partial charge in [-0.1, -0.05) is 11.6 Å². The molecule has 0 unspecified atom stereocenters. The van der Waals surface area contributed by atoms with Crippen LogP contribution in [0.3, 0.4) is 0 Å². The Morgan fingerprint density at radius 3 is 3.23 bits per heavy atom. The number of carbonyl (C=O) groups is 1. The highest BCUT2D eigenvalue weighted by Gasteiger charge is 2.36. The van der Waals surface area contributed by atoms with Gasteiger partial charge in [0.15, 0.2) is 0 Å². The lowest BCUT2D eigenvalue weighted by atomic mass is 9.97. The van der Waals surface area contributed by atoms with Crippen LogP contribution in [0, 0.1) is 5.92 Å². The molecule has 1 amide bonds. The third-order valence-electron chi connectivity index (χ3n) is 4.65. The Bertz CT molecular complexity index is 550. The van der Waals surface area contributed by atoms with Gasteiger partial charge in [-0.2, -0.15) is 5.10 Å². The lowest BCUT2D eigenvalue weighted by molar-refractivity contribution is -0.126. The van der Waals surface area contributed by atoms with Crippen LogP contribution in [0.2, 0.25) is 0 Å². The molecule has 1 N–H and O–H groups in total. The van der Waals surface area contributed by atoms with Crippen LogP contribution in [0.4, 0.5) is 0 Å². The van der Waals surface area contributed by atoms with E-state index >= 15 is 0 Å². The number of ether oxygens (including phenoxy) is 1. The van der Waals surface area contributed by atoms with Gasteiger partial charge in [-0.05, 0) is 45.1 Å². The summed E-state index contributed by atoms with van der Waals surface area (Å²) in [6, 6.07) is 1.96. The summed E-state index contributed by atoms with van der Waals surface area (Å²) in [6.45, 7) is 4.23. The van der Waals surface area contributed by atoms with Crippen molar-refractivity contribution in [2.75, 3.05) is 13.2 Å². The Labute approximate surface area is 131 Å². The summed E-state index contributed by atoms with van der Waals surface area (Å²) in [5.41, 5.74) is 2.50. The monoisotopic (exact) mass is 303 g/mol. The number of aromatic nitrogens is 2. The molecule has 1 saturated heterocycles. The van der Waals surface area contributed by atoms with Crippen molar-refractivity contribution < 1.29 is 9.53 Å². The molecule has 1 aromatic heterocycles. The minimum atomic E-state index is -0.159. The van der Waals surface area contributed by atoms with Gasteiger partial charge < -0.3 is 10.1 Å². The Balaban J connectivity index is 1.56. The van der Waals surface area contributed by atoms with E-state index in [-0.39, 0.29) is 17.9 Å². The number of rotatable bonds is 6. The van der Waals surface area contributed by atoms with Gasteiger partial charge in [-0.3, -0.25) is 9.48 Å². The highest BCUT2D eigenvalue weighted by molar-refractivity contribution is 5.79. The summed E-state index contributed by atoms with van der Waals surface area (Å²) in [5, 5.41) is 7.38. The minimum Gasteiger partial charge on any atom is -0.371 e. The lowest BCUT2D eigenvalue weighted by Crippen LogP contribution is -2.33. The predicted molar refractivity (Wildman–Crippen MR) is 84.3 cm³/mol. The molecule has 3 rings (SSSR count). The van der Waals surface area contributed by atoms with E-state index in [0.717, 1.165) is 31.6 Å². The summed E-state index contributed by atoms with van der Waals surface area (Å²) in [6.07, 6.45) is 9.36. The van der Waals surface area contributed by atoms with Gasteiger partial charge >= 0.3 is 0 Å². The van der Waals surface area contributed by atoms with Gasteiger partial charge in [-0.25, -0.2) is 0 Å². The Kier molecular flexibility index (Phi) is 4.93. The Hall–Kier alpha value is -1.62. The van der Waals surface area contributed by atoms with Crippen molar-refractivity contribution >= 4 is 5.91 Å². The maximum absolute atomic E-state index is 12.5. The molecular weight excluding hydrogens is 278 g/mol. The fraction of sp³-hybridized carbons (Fsp3) is 0.647. The number of aryl methyl sites for hydroxylation is 1. The normalized spacial score (nSPS) is 24.5. The van der Waals surface area contributed by atoms with E-state index in [1.54, 1.807) is 6.20 Å². The highest BCUT2D eigenvalue weighted by atomic mass is 16.5. The molecule has 2 heterocycles. The van der Waals surface area contributed by atoms with Gasteiger partial charge in [0.05, 0.1) is 11.6 Å². The van der Waals surface area contributed by atoms with E-state index in [0.29, 0.717) is 6.61 Å². The second-order valence-electron chi connectivity index (χ2n) is 6.05. The molecule has 5 heteroatoms. The van der Waals surface area contributed by atoms with Crippen LogP contribution in [0.15, 0.2) is 23.9 Å². The van der Waals surface area contributed by atoms with Crippen molar-refractivity contribution in [3.8, 4) is 0 Å². The van der Waals surface area contributed by atoms with Gasteiger partial charge in [0.1, 0.15) is 6.10 Å². The number of amides is 1. The molecule has 0 spiro atoms. The van der Waals surface area contributed by atoms with E-state index in [2.05, 4.69) is 23.4 Å². The van der Waals surface area contributed by atoms with Gasteiger partial charge in [0.2, 0.25) is 5.91 Å². The number of allylic oxidation sites excluding steroid dienone is 1. The molecule has 0 radical (unpaired) electrons. The number of nitrogens with zero attached hydrogens (tertiary/aromatic N) is 2. The first kappa shape index (κ1) is 15.3. The zero-order chi connectivity index (χ0) is 15.4. The SMILES string of the molecule is CCn1nccc1[C@@H]1OCC[C@H]1C(=O)NCCC1=CCCC1. The van der Waals surface area contributed by atoms with E-state index in [4.69, 9.17) is 4.74 Å². The van der Waals surface area contributed by atoms with Crippen LogP contribution >= 0.6 is 0 Å². The highest BCUT2D eigenvalue weighted by Crippen LogP contribution is 2.34. The van der Waals surface area contributed by atoms with Crippen LogP contribution in [0.25, 0.3) is 0 Å². The molecule has 0 aromatic carbocycles. The molecule has 1 aliphatic carbocycles. The van der Waals surface area contributed by atoms with Crippen molar-refractivity contribution in [3.05, 3.63) is 29.6 Å². The van der Waals surface area contributed by atoms with Gasteiger partial charge in [0.25, 0.3) is 0 Å². The summed E-state index contributed by atoms with van der Waals surface area (Å²) in [5.74, 6) is 0.0181. The van der Waals surface area contributed by atoms with Gasteiger partial charge in [-0.15, -0.1) is 0 Å². The molecule has 0 bridgehead atoms. The molecule has 1 aliphatic heterocycles. The topological polar surface area (TPSA) is 56.2 Å². The number of hydrogen-bond acceptors (Lipinski definition) is 3. The van der Waals surface area contributed by atoms with Crippen LogP contribution < -0.4 is 5.32 Å². The van der Waals surface area contributed by atoms with E-state index < -0.39 is 0 Å². The zero-order valence-electron chi connectivity index (χ0n) is 13.3. The molecule has 5 nitrogen and oxygen atoms in total. The third kappa shape index (κ3) is 3.24. The van der Waals surface area contributed by atoms with Crippen molar-refractivity contribution in [3.63, 3.8) is 0 Å². The molecule has 120 valence electrons. The minimum absolute atomic E-state index is 0.0976. The quantitative estimate of drug-likeness (QED) is 0.822. The van der Waals surface area contributed by atoms with Crippen molar-refractivity contribution in [1.29, 1.82) is 0 Å². The summed E-state index contributed by atoms with van der Waals surface area (Å²) < 4.78 is 7.74. The number of nitrogens with one attached hydrogen (secondary N) is 1. The average Bonchev–Trinajstić information content (AvgIpc) is 3.26. The second-order valence-corrected chi connectivity index (χ2v) is 6.05. The first-order valence-electron chi connectivity index (χ1n) is 8.38. The number of carbonyl (C=O) groups excluding carboxylic acids is 1. The van der Waals surface area contributed by atoms with Gasteiger partial charge in [0, 0.05) is 25.9 Å². The average molecular weight is 303 g/mol. The lowest BCUT2D eigenvalue weighted by Gasteiger charge is -2.19. The van der Waals surface area contributed by atoms with Crippen molar-refractivity contribution in [1.82, 2.24) is 15.1 Å². The van der Waals surface area contributed by atoms with E-state index in [9.17, 15) is 4.79 Å². The number of hydrogen-bond donors (Lipinski definition) is 1. The largest absolute Gasteiger partial charge is 0.371 e. The Morgan fingerprint density at radius 1 is 1.55 bits per heavy atom. The van der Waals surface area contributed by atoms with Crippen LogP contribution in [0.5, 0.6) is 0 Å². The first-order valence-corrected chi connectivity index (χ1v) is 8.38. The van der Waals surface area contributed by atoms with Crippen molar-refractivity contribution in [2.45, 2.75) is 51.7 Å². The summed E-state index contributed by atoms with van der Waals surface area (Å²) in [7, 11) is 0. The van der Waals surface area contributed by atoms with Crippen LogP contribution in [-0.2, 0) is 16.1 Å². The summed E-state index contributed by atoms with van der Waals surface area (Å²) >= 11 is 0. The zero-order valence-corrected chi connectivity index (χ0v) is 13.3. The van der Waals surface area contributed by atoms with Crippen LogP contribution in [-0.4, -0.2) is 28.8 Å². The van der Waals surface area contributed by atoms with E-state index in [1.165, 1.54) is 24.8 Å². The maximum Gasteiger partial charge on any atom is 0.226 e. The molecule has 0 saturated carbocycles. The molecule has 22 heavy (non-hydrogen) atoms. The fourth-order valence-corrected chi connectivity index (χ4v) is 3.44. The predicted octanol–water partition coefficient (Wildman–Crippen LogP) is 2.60. The second kappa shape index (κ2) is 7.09. The maximum atomic E-state index is 12.5. The standard InChI is InChI=1S/C17H25N3O2/c1-2-20-15(8-11-19-20)16-14(9-12-22-16)17(21)18-10-7-13-5-3-4-6-13/h5,8,11,14,16H,2-4,6-7,9-10,12H2,1H3,(H,18,21)/t14-,16-/m1/s1. The summed E-state index contributed by atoms with van der Waals surface area (Å²) in [4.78, 5) is 12.5. The third-order valence-corrected chi connectivity index (χ3v) is 4.65. The van der Waals surface area contributed by atoms with Crippen LogP contribution in [0.1, 0.15) is 50.8 Å². The fourth-order valence-electron chi connectivity index (χ4n) is 3.44. The molecule has 2 aliphatic rings. The molecule has 1 fully saturated rings. The van der Waals surface area contributed by atoms with E-state index in [1.807, 2.05) is 10.7 Å². The Morgan fingerprint density at radius 2 is 2.45 bits per heavy atom. The first-order chi connectivity index (χ1) is 10.8.